The molecule has 0 spiro atoms. The monoisotopic (exact) mass is 270 g/mol. The molecule has 1 aliphatic rings. The van der Waals surface area contributed by atoms with E-state index in [1.54, 1.807) is 0 Å². The summed E-state index contributed by atoms with van der Waals surface area (Å²) < 4.78 is 6.17. The number of aryl methyl sites for hydroxylation is 1. The van der Waals surface area contributed by atoms with E-state index in [-0.39, 0.29) is 13.0 Å². The summed E-state index contributed by atoms with van der Waals surface area (Å²) in [4.78, 5) is 24.9. The van der Waals surface area contributed by atoms with Crippen LogP contribution in [0.4, 0.5) is 0 Å². The van der Waals surface area contributed by atoms with Gasteiger partial charge in [-0.2, -0.15) is 0 Å². The second-order valence-corrected chi connectivity index (χ2v) is 4.21. The Labute approximate surface area is 108 Å². The van der Waals surface area contributed by atoms with Gasteiger partial charge in [0, 0.05) is 19.2 Å². The first kappa shape index (κ1) is 15.6. The van der Waals surface area contributed by atoms with E-state index in [4.69, 9.17) is 9.84 Å². The molecule has 4 atom stereocenters. The van der Waals surface area contributed by atoms with Gasteiger partial charge < -0.3 is 20.1 Å². The number of nitrogens with one attached hydrogen (secondary N) is 1. The lowest BCUT2D eigenvalue weighted by atomic mass is 10.1. The number of rotatable bonds is 2. The standard InChI is InChI=1S/C10H14N2O6.C/c1-4-2-12(10(17)11-8(4)16)9-7(15)6(14)5(3-13)18-9;/h2,5-7,9,13-15H,3H2,1H3,(H,11,16,17);/t5-,6-,7-,9-;/m1./s1. The number of ether oxygens (including phenoxy) is 1. The van der Waals surface area contributed by atoms with Crippen molar-refractivity contribution in [3.05, 3.63) is 40.0 Å². The first-order valence-electron chi connectivity index (χ1n) is 5.40. The number of aromatic amines is 1. The first-order valence-corrected chi connectivity index (χ1v) is 5.40. The molecule has 0 aliphatic carbocycles. The molecule has 4 N–H and O–H groups in total. The second kappa shape index (κ2) is 5.66. The summed E-state index contributed by atoms with van der Waals surface area (Å²) in [7, 11) is 0. The Morgan fingerprint density at radius 2 is 2.00 bits per heavy atom. The molecule has 0 aromatic carbocycles. The van der Waals surface area contributed by atoms with Crippen LogP contribution in [-0.4, -0.2) is 49.8 Å². The third-order valence-corrected chi connectivity index (χ3v) is 2.94. The molecule has 0 amide bonds. The Hall–Kier alpha value is -1.48. The molecule has 1 aliphatic heterocycles. The van der Waals surface area contributed by atoms with Crippen LogP contribution >= 0.6 is 0 Å². The fraction of sp³-hybridized carbons (Fsp3) is 0.545. The van der Waals surface area contributed by atoms with Crippen LogP contribution in [0.15, 0.2) is 15.8 Å². The number of aliphatic hydroxyl groups excluding tert-OH is 3. The van der Waals surface area contributed by atoms with Gasteiger partial charge in [0.15, 0.2) is 6.23 Å². The van der Waals surface area contributed by atoms with Crippen LogP contribution in [0.25, 0.3) is 0 Å². The van der Waals surface area contributed by atoms with E-state index in [0.29, 0.717) is 0 Å². The highest BCUT2D eigenvalue weighted by atomic mass is 16.6. The Kier molecular flexibility index (Phi) is 4.64. The summed E-state index contributed by atoms with van der Waals surface area (Å²) in [5.41, 5.74) is -1.00. The lowest BCUT2D eigenvalue weighted by Crippen LogP contribution is -2.38. The molecule has 0 saturated carbocycles. The van der Waals surface area contributed by atoms with Crippen LogP contribution in [0.2, 0.25) is 0 Å². The lowest BCUT2D eigenvalue weighted by Gasteiger charge is -2.17. The summed E-state index contributed by atoms with van der Waals surface area (Å²) in [5.74, 6) is 0. The summed E-state index contributed by atoms with van der Waals surface area (Å²) in [6.45, 7) is 1.02. The maximum Gasteiger partial charge on any atom is 0.330 e. The van der Waals surface area contributed by atoms with E-state index in [0.717, 1.165) is 4.57 Å². The molecule has 0 unspecified atom stereocenters. The predicted octanol–water partition coefficient (Wildman–Crippen LogP) is -2.46. The number of aromatic nitrogens is 2. The van der Waals surface area contributed by atoms with Crippen LogP contribution in [0, 0.1) is 14.4 Å². The van der Waals surface area contributed by atoms with Gasteiger partial charge in [-0.1, -0.05) is 0 Å². The number of hydrogen-bond acceptors (Lipinski definition) is 6. The van der Waals surface area contributed by atoms with Gasteiger partial charge >= 0.3 is 5.69 Å². The zero-order valence-electron chi connectivity index (χ0n) is 10.1. The van der Waals surface area contributed by atoms with Crippen LogP contribution in [0.5, 0.6) is 0 Å². The zero-order valence-corrected chi connectivity index (χ0v) is 10.1. The third kappa shape index (κ3) is 2.61. The van der Waals surface area contributed by atoms with Crippen LogP contribution in [0.1, 0.15) is 11.8 Å². The van der Waals surface area contributed by atoms with Crippen molar-refractivity contribution < 1.29 is 20.1 Å². The number of hydrogen-bond donors (Lipinski definition) is 4. The normalized spacial score (nSPS) is 30.1. The van der Waals surface area contributed by atoms with Gasteiger partial charge in [-0.25, -0.2) is 4.79 Å². The van der Waals surface area contributed by atoms with Gasteiger partial charge in [0.2, 0.25) is 0 Å². The molecule has 4 radical (unpaired) electrons. The molecule has 8 nitrogen and oxygen atoms in total. The van der Waals surface area contributed by atoms with Crippen molar-refractivity contribution >= 4 is 0 Å². The average molecular weight is 270 g/mol. The van der Waals surface area contributed by atoms with Crippen molar-refractivity contribution in [2.24, 2.45) is 0 Å². The van der Waals surface area contributed by atoms with Crippen LogP contribution in [-0.2, 0) is 4.74 Å². The van der Waals surface area contributed by atoms with E-state index < -0.39 is 42.4 Å². The molecule has 0 bridgehead atoms. The Bertz CT molecular complexity index is 551. The molecule has 104 valence electrons. The average Bonchev–Trinajstić information content (AvgIpc) is 2.61. The van der Waals surface area contributed by atoms with E-state index in [1.165, 1.54) is 13.1 Å². The minimum absolute atomic E-state index is 0. The summed E-state index contributed by atoms with van der Waals surface area (Å²) >= 11 is 0. The molecule has 19 heavy (non-hydrogen) atoms. The number of nitrogens with zero attached hydrogens (tertiary/aromatic N) is 1. The summed E-state index contributed by atoms with van der Waals surface area (Å²) in [6.07, 6.45) is -3.52. The van der Waals surface area contributed by atoms with Crippen molar-refractivity contribution in [2.75, 3.05) is 6.61 Å². The smallest absolute Gasteiger partial charge is 0.330 e. The maximum absolute atomic E-state index is 11.6. The number of H-pyrrole nitrogens is 1. The van der Waals surface area contributed by atoms with Crippen LogP contribution < -0.4 is 11.2 Å². The van der Waals surface area contributed by atoms with Crippen molar-refractivity contribution in [3.63, 3.8) is 0 Å². The zero-order chi connectivity index (χ0) is 13.4. The largest absolute Gasteiger partial charge is 0.394 e. The van der Waals surface area contributed by atoms with Crippen molar-refractivity contribution in [1.82, 2.24) is 9.55 Å². The highest BCUT2D eigenvalue weighted by Crippen LogP contribution is 2.27. The van der Waals surface area contributed by atoms with Gasteiger partial charge in [0.05, 0.1) is 6.61 Å². The van der Waals surface area contributed by atoms with Gasteiger partial charge in [-0.05, 0) is 6.92 Å². The quantitative estimate of drug-likeness (QED) is 0.472. The third-order valence-electron chi connectivity index (χ3n) is 2.94. The fourth-order valence-electron chi connectivity index (χ4n) is 1.88. The highest BCUT2D eigenvalue weighted by molar-refractivity contribution is 5.03. The highest BCUT2D eigenvalue weighted by Gasteiger charge is 2.43. The van der Waals surface area contributed by atoms with E-state index >= 15 is 0 Å². The van der Waals surface area contributed by atoms with E-state index in [9.17, 15) is 19.8 Å². The Morgan fingerprint density at radius 3 is 2.53 bits per heavy atom. The molecular weight excluding hydrogens is 256 g/mol. The fourth-order valence-corrected chi connectivity index (χ4v) is 1.88. The number of aliphatic hydroxyl groups is 3. The molecule has 2 heterocycles. The molecule has 1 saturated heterocycles. The Balaban J connectivity index is 0.00000180. The topological polar surface area (TPSA) is 125 Å². The minimum atomic E-state index is -1.36. The predicted molar refractivity (Wildman–Crippen MR) is 62.3 cm³/mol. The summed E-state index contributed by atoms with van der Waals surface area (Å²) in [5, 5.41) is 28.3. The Morgan fingerprint density at radius 1 is 1.37 bits per heavy atom. The molecule has 1 fully saturated rings. The van der Waals surface area contributed by atoms with E-state index in [2.05, 4.69) is 4.98 Å². The van der Waals surface area contributed by atoms with Gasteiger partial charge in [-0.3, -0.25) is 14.3 Å². The van der Waals surface area contributed by atoms with Gasteiger partial charge in [0.25, 0.3) is 5.56 Å². The van der Waals surface area contributed by atoms with Crippen molar-refractivity contribution in [2.45, 2.75) is 31.5 Å². The lowest BCUT2D eigenvalue weighted by molar-refractivity contribution is -0.0551. The first-order chi connectivity index (χ1) is 8.45. The van der Waals surface area contributed by atoms with Crippen molar-refractivity contribution in [3.8, 4) is 0 Å². The minimum Gasteiger partial charge on any atom is -0.394 e. The molecule has 8 heteroatoms. The van der Waals surface area contributed by atoms with Crippen LogP contribution in [0.3, 0.4) is 0 Å². The second-order valence-electron chi connectivity index (χ2n) is 4.21. The van der Waals surface area contributed by atoms with Gasteiger partial charge in [0.1, 0.15) is 18.3 Å². The maximum atomic E-state index is 11.6. The molecular formula is C11H14N2O6. The SMILES string of the molecule is Cc1cn([C@@H]2O[C@H](CO)[C@@H](O)[C@H]2O)c(=O)[nH]c1=O.[C]. The van der Waals surface area contributed by atoms with Crippen molar-refractivity contribution in [1.29, 1.82) is 0 Å². The molecule has 1 aromatic rings. The van der Waals surface area contributed by atoms with Gasteiger partial charge in [-0.15, -0.1) is 0 Å². The molecule has 2 rings (SSSR count). The van der Waals surface area contributed by atoms with E-state index in [1.807, 2.05) is 0 Å². The summed E-state index contributed by atoms with van der Waals surface area (Å²) in [6, 6.07) is 0. The molecule has 1 aromatic heterocycles.